The summed E-state index contributed by atoms with van der Waals surface area (Å²) in [6, 6.07) is 6.01. The highest BCUT2D eigenvalue weighted by atomic mass is 35.5. The second-order valence-electron chi connectivity index (χ2n) is 4.76. The molecule has 0 amide bonds. The fourth-order valence-electron chi connectivity index (χ4n) is 2.75. The van der Waals surface area contributed by atoms with Crippen LogP contribution in [0.1, 0.15) is 23.4 Å². The van der Waals surface area contributed by atoms with Crippen LogP contribution in [-0.4, -0.2) is 9.78 Å². The van der Waals surface area contributed by atoms with E-state index in [1.54, 1.807) is 0 Å². The molecule has 0 bridgehead atoms. The minimum absolute atomic E-state index is 0.484. The largest absolute Gasteiger partial charge is 0.325 e. The van der Waals surface area contributed by atoms with Crippen LogP contribution in [-0.2, 0) is 19.5 Å². The SMILES string of the molecule is Cc1cc(Cl)ccc1-c1c(CN)nn2c1CCC2. The van der Waals surface area contributed by atoms with Gasteiger partial charge >= 0.3 is 0 Å². The van der Waals surface area contributed by atoms with E-state index in [4.69, 9.17) is 17.3 Å². The summed E-state index contributed by atoms with van der Waals surface area (Å²) >= 11 is 6.02. The quantitative estimate of drug-likeness (QED) is 0.903. The van der Waals surface area contributed by atoms with E-state index in [1.807, 2.05) is 12.1 Å². The molecule has 1 aliphatic heterocycles. The predicted octanol–water partition coefficient (Wildman–Crippen LogP) is 2.92. The van der Waals surface area contributed by atoms with E-state index in [2.05, 4.69) is 22.8 Å². The van der Waals surface area contributed by atoms with E-state index >= 15 is 0 Å². The molecule has 94 valence electrons. The van der Waals surface area contributed by atoms with Crippen LogP contribution in [0.25, 0.3) is 11.1 Å². The Labute approximate surface area is 112 Å². The summed E-state index contributed by atoms with van der Waals surface area (Å²) in [5.41, 5.74) is 11.8. The van der Waals surface area contributed by atoms with Gasteiger partial charge in [-0.2, -0.15) is 5.10 Å². The Balaban J connectivity index is 2.21. The molecule has 4 heteroatoms. The lowest BCUT2D eigenvalue weighted by atomic mass is 9.97. The molecule has 0 radical (unpaired) electrons. The molecule has 3 rings (SSSR count). The van der Waals surface area contributed by atoms with E-state index in [1.165, 1.54) is 28.8 Å². The van der Waals surface area contributed by atoms with Crippen molar-refractivity contribution >= 4 is 11.6 Å². The van der Waals surface area contributed by atoms with Gasteiger partial charge in [-0.3, -0.25) is 4.68 Å². The lowest BCUT2D eigenvalue weighted by Crippen LogP contribution is -2.01. The Morgan fingerprint density at radius 3 is 3.00 bits per heavy atom. The number of rotatable bonds is 2. The van der Waals surface area contributed by atoms with Gasteiger partial charge in [0, 0.05) is 29.4 Å². The Morgan fingerprint density at radius 2 is 2.28 bits per heavy atom. The minimum Gasteiger partial charge on any atom is -0.325 e. The molecule has 2 heterocycles. The lowest BCUT2D eigenvalue weighted by Gasteiger charge is -2.08. The van der Waals surface area contributed by atoms with Crippen LogP contribution in [0, 0.1) is 6.92 Å². The Hall–Kier alpha value is -1.32. The van der Waals surface area contributed by atoms with E-state index in [0.717, 1.165) is 23.7 Å². The van der Waals surface area contributed by atoms with E-state index in [9.17, 15) is 0 Å². The molecule has 18 heavy (non-hydrogen) atoms. The zero-order valence-corrected chi connectivity index (χ0v) is 11.2. The smallest absolute Gasteiger partial charge is 0.0841 e. The Morgan fingerprint density at radius 1 is 1.44 bits per heavy atom. The number of aromatic nitrogens is 2. The molecule has 0 spiro atoms. The highest BCUT2D eigenvalue weighted by molar-refractivity contribution is 6.30. The van der Waals surface area contributed by atoms with Crippen molar-refractivity contribution in [3.05, 3.63) is 40.2 Å². The molecule has 1 aromatic heterocycles. The molecule has 0 unspecified atom stereocenters. The van der Waals surface area contributed by atoms with Gasteiger partial charge in [-0.1, -0.05) is 17.7 Å². The first kappa shape index (κ1) is 11.8. The van der Waals surface area contributed by atoms with Crippen molar-refractivity contribution in [1.29, 1.82) is 0 Å². The predicted molar refractivity (Wildman–Crippen MR) is 73.6 cm³/mol. The van der Waals surface area contributed by atoms with Crippen molar-refractivity contribution in [2.45, 2.75) is 32.9 Å². The van der Waals surface area contributed by atoms with E-state index in [-0.39, 0.29) is 0 Å². The number of halogens is 1. The monoisotopic (exact) mass is 261 g/mol. The molecular formula is C14H16ClN3. The minimum atomic E-state index is 0.484. The van der Waals surface area contributed by atoms with Gasteiger partial charge in [0.15, 0.2) is 0 Å². The Kier molecular flexibility index (Phi) is 2.88. The number of fused-ring (bicyclic) bond motifs is 1. The van der Waals surface area contributed by atoms with Gasteiger partial charge in [-0.25, -0.2) is 0 Å². The molecule has 0 fully saturated rings. The maximum atomic E-state index is 6.02. The molecule has 1 aliphatic rings. The van der Waals surface area contributed by atoms with Crippen LogP contribution in [0.2, 0.25) is 5.02 Å². The van der Waals surface area contributed by atoms with Gasteiger partial charge in [0.2, 0.25) is 0 Å². The van der Waals surface area contributed by atoms with Gasteiger partial charge < -0.3 is 5.73 Å². The molecule has 2 N–H and O–H groups in total. The summed E-state index contributed by atoms with van der Waals surface area (Å²) < 4.78 is 2.10. The van der Waals surface area contributed by atoms with Crippen LogP contribution in [0.3, 0.4) is 0 Å². The molecule has 0 aliphatic carbocycles. The van der Waals surface area contributed by atoms with Gasteiger partial charge in [-0.15, -0.1) is 0 Å². The summed E-state index contributed by atoms with van der Waals surface area (Å²) in [6.45, 7) is 3.58. The highest BCUT2D eigenvalue weighted by Crippen LogP contribution is 2.34. The second kappa shape index (κ2) is 4.41. The molecule has 0 saturated heterocycles. The zero-order chi connectivity index (χ0) is 12.7. The number of hydrogen-bond acceptors (Lipinski definition) is 2. The molecule has 2 aromatic rings. The van der Waals surface area contributed by atoms with E-state index in [0.29, 0.717) is 6.54 Å². The Bertz CT molecular complexity index is 601. The number of nitrogens with zero attached hydrogens (tertiary/aromatic N) is 2. The maximum Gasteiger partial charge on any atom is 0.0841 e. The summed E-state index contributed by atoms with van der Waals surface area (Å²) in [4.78, 5) is 0. The highest BCUT2D eigenvalue weighted by Gasteiger charge is 2.22. The summed E-state index contributed by atoms with van der Waals surface area (Å²) in [6.07, 6.45) is 2.26. The zero-order valence-electron chi connectivity index (χ0n) is 10.4. The lowest BCUT2D eigenvalue weighted by molar-refractivity contribution is 0.644. The first-order chi connectivity index (χ1) is 8.70. The van der Waals surface area contributed by atoms with Crippen LogP contribution >= 0.6 is 11.6 Å². The van der Waals surface area contributed by atoms with Crippen LogP contribution in [0.4, 0.5) is 0 Å². The van der Waals surface area contributed by atoms with Crippen LogP contribution in [0.5, 0.6) is 0 Å². The molecule has 3 nitrogen and oxygen atoms in total. The third-order valence-electron chi connectivity index (χ3n) is 3.56. The van der Waals surface area contributed by atoms with Gasteiger partial charge in [0.05, 0.1) is 5.69 Å². The molecule has 1 aromatic carbocycles. The van der Waals surface area contributed by atoms with Crippen molar-refractivity contribution in [2.75, 3.05) is 0 Å². The van der Waals surface area contributed by atoms with Gasteiger partial charge in [0.25, 0.3) is 0 Å². The summed E-state index contributed by atoms with van der Waals surface area (Å²) in [7, 11) is 0. The van der Waals surface area contributed by atoms with Crippen molar-refractivity contribution in [3.8, 4) is 11.1 Å². The fourth-order valence-corrected chi connectivity index (χ4v) is 2.97. The van der Waals surface area contributed by atoms with Crippen molar-refractivity contribution in [1.82, 2.24) is 9.78 Å². The van der Waals surface area contributed by atoms with E-state index < -0.39 is 0 Å². The van der Waals surface area contributed by atoms with Crippen LogP contribution in [0.15, 0.2) is 18.2 Å². The second-order valence-corrected chi connectivity index (χ2v) is 5.19. The van der Waals surface area contributed by atoms with Gasteiger partial charge in [-0.05, 0) is 43.0 Å². The third-order valence-corrected chi connectivity index (χ3v) is 3.80. The maximum absolute atomic E-state index is 6.02. The number of aryl methyl sites for hydroxylation is 2. The molecular weight excluding hydrogens is 246 g/mol. The summed E-state index contributed by atoms with van der Waals surface area (Å²) in [5, 5.41) is 5.38. The number of benzene rings is 1. The molecule has 0 atom stereocenters. The average molecular weight is 262 g/mol. The average Bonchev–Trinajstić information content (AvgIpc) is 2.89. The standard InChI is InChI=1S/C14H16ClN3/c1-9-7-10(15)4-5-11(9)14-12(8-16)17-18-6-2-3-13(14)18/h4-5,7H,2-3,6,8,16H2,1H3. The van der Waals surface area contributed by atoms with Crippen molar-refractivity contribution in [3.63, 3.8) is 0 Å². The first-order valence-corrected chi connectivity index (χ1v) is 6.63. The van der Waals surface area contributed by atoms with Crippen molar-refractivity contribution in [2.24, 2.45) is 5.73 Å². The normalized spacial score (nSPS) is 13.9. The van der Waals surface area contributed by atoms with Crippen LogP contribution < -0.4 is 5.73 Å². The fraction of sp³-hybridized carbons (Fsp3) is 0.357. The number of nitrogens with two attached hydrogens (primary N) is 1. The topological polar surface area (TPSA) is 43.8 Å². The summed E-state index contributed by atoms with van der Waals surface area (Å²) in [5.74, 6) is 0. The third kappa shape index (κ3) is 1.74. The molecule has 0 saturated carbocycles. The number of hydrogen-bond donors (Lipinski definition) is 1. The van der Waals surface area contributed by atoms with Crippen molar-refractivity contribution < 1.29 is 0 Å². The first-order valence-electron chi connectivity index (χ1n) is 6.26. The van der Waals surface area contributed by atoms with Gasteiger partial charge in [0.1, 0.15) is 0 Å².